The molecule has 1 rings (SSSR count). The molecule has 0 saturated carbocycles. The number of aryl methyl sites for hydroxylation is 2. The first-order valence-corrected chi connectivity index (χ1v) is 5.70. The summed E-state index contributed by atoms with van der Waals surface area (Å²) in [6.45, 7) is 5.89. The molecule has 1 atom stereocenters. The molecule has 0 spiro atoms. The van der Waals surface area contributed by atoms with Gasteiger partial charge in [-0.1, -0.05) is 6.92 Å². The van der Waals surface area contributed by atoms with Crippen LogP contribution in [0, 0.1) is 37.5 Å². The molecule has 1 unspecified atom stereocenters. The number of hydrogen-bond acceptors (Lipinski definition) is 3. The van der Waals surface area contributed by atoms with Gasteiger partial charge in [-0.2, -0.15) is 5.26 Å². The lowest BCUT2D eigenvalue weighted by Gasteiger charge is -2.17. The van der Waals surface area contributed by atoms with E-state index >= 15 is 0 Å². The van der Waals surface area contributed by atoms with Crippen LogP contribution in [0.1, 0.15) is 36.6 Å². The quantitative estimate of drug-likeness (QED) is 0.805. The SMILES string of the molecule is C#CCC(CC)Nc1nc(C)cc(C)c1C#N. The van der Waals surface area contributed by atoms with Crippen molar-refractivity contribution in [1.82, 2.24) is 4.98 Å². The third-order valence-electron chi connectivity index (χ3n) is 2.65. The zero-order chi connectivity index (χ0) is 12.8. The summed E-state index contributed by atoms with van der Waals surface area (Å²) in [4.78, 5) is 4.37. The minimum atomic E-state index is 0.167. The van der Waals surface area contributed by atoms with Crippen molar-refractivity contribution in [3.05, 3.63) is 22.9 Å². The maximum atomic E-state index is 9.14. The molecule has 1 aromatic rings. The van der Waals surface area contributed by atoms with Gasteiger partial charge in [0.05, 0.1) is 5.56 Å². The maximum Gasteiger partial charge on any atom is 0.144 e. The molecule has 0 radical (unpaired) electrons. The highest BCUT2D eigenvalue weighted by Crippen LogP contribution is 2.19. The molecule has 0 aliphatic carbocycles. The third kappa shape index (κ3) is 3.23. The van der Waals surface area contributed by atoms with Crippen LogP contribution in [0.25, 0.3) is 0 Å². The van der Waals surface area contributed by atoms with E-state index in [1.54, 1.807) is 0 Å². The monoisotopic (exact) mass is 227 g/mol. The molecule has 1 heterocycles. The van der Waals surface area contributed by atoms with E-state index in [4.69, 9.17) is 11.7 Å². The molecule has 3 nitrogen and oxygen atoms in total. The fraction of sp³-hybridized carbons (Fsp3) is 0.429. The Morgan fingerprint density at radius 3 is 2.76 bits per heavy atom. The standard InChI is InChI=1S/C14H17N3/c1-5-7-12(6-2)17-14-13(9-15)10(3)8-11(4)16-14/h1,8,12H,6-7H2,2-4H3,(H,16,17). The average Bonchev–Trinajstić information content (AvgIpc) is 2.28. The summed E-state index contributed by atoms with van der Waals surface area (Å²) >= 11 is 0. The summed E-state index contributed by atoms with van der Waals surface area (Å²) in [6.07, 6.45) is 6.86. The van der Waals surface area contributed by atoms with E-state index < -0.39 is 0 Å². The summed E-state index contributed by atoms with van der Waals surface area (Å²) < 4.78 is 0. The van der Waals surface area contributed by atoms with Crippen molar-refractivity contribution in [2.45, 2.75) is 39.7 Å². The second kappa shape index (κ2) is 5.92. The van der Waals surface area contributed by atoms with Crippen LogP contribution < -0.4 is 5.32 Å². The predicted molar refractivity (Wildman–Crippen MR) is 69.6 cm³/mol. The lowest BCUT2D eigenvalue weighted by Crippen LogP contribution is -2.19. The molecule has 0 aliphatic heterocycles. The van der Waals surface area contributed by atoms with Crippen molar-refractivity contribution in [1.29, 1.82) is 5.26 Å². The number of nitrogens with zero attached hydrogens (tertiary/aromatic N) is 2. The maximum absolute atomic E-state index is 9.14. The zero-order valence-electron chi connectivity index (χ0n) is 10.5. The first kappa shape index (κ1) is 13.1. The number of hydrogen-bond donors (Lipinski definition) is 1. The Morgan fingerprint density at radius 2 is 2.24 bits per heavy atom. The van der Waals surface area contributed by atoms with Gasteiger partial charge in [0.2, 0.25) is 0 Å². The van der Waals surface area contributed by atoms with Crippen molar-refractivity contribution in [2.75, 3.05) is 5.32 Å². The molecule has 0 bridgehead atoms. The van der Waals surface area contributed by atoms with Crippen LogP contribution in [0.4, 0.5) is 5.82 Å². The lowest BCUT2D eigenvalue weighted by atomic mass is 10.1. The van der Waals surface area contributed by atoms with Crippen molar-refractivity contribution in [3.63, 3.8) is 0 Å². The van der Waals surface area contributed by atoms with Crippen LogP contribution in [0.2, 0.25) is 0 Å². The first-order valence-electron chi connectivity index (χ1n) is 5.70. The Hall–Kier alpha value is -2.00. The van der Waals surface area contributed by atoms with Gasteiger partial charge in [-0.15, -0.1) is 12.3 Å². The van der Waals surface area contributed by atoms with Crippen LogP contribution in [0.5, 0.6) is 0 Å². The molecule has 0 aliphatic rings. The third-order valence-corrected chi connectivity index (χ3v) is 2.65. The first-order chi connectivity index (χ1) is 8.12. The smallest absolute Gasteiger partial charge is 0.144 e. The molecule has 1 N–H and O–H groups in total. The van der Waals surface area contributed by atoms with Crippen molar-refractivity contribution >= 4 is 5.82 Å². The number of pyridine rings is 1. The van der Waals surface area contributed by atoms with Gasteiger partial charge in [0.25, 0.3) is 0 Å². The summed E-state index contributed by atoms with van der Waals surface area (Å²) in [5.74, 6) is 3.28. The Morgan fingerprint density at radius 1 is 1.53 bits per heavy atom. The van der Waals surface area contributed by atoms with Crippen LogP contribution in [-0.2, 0) is 0 Å². The zero-order valence-corrected chi connectivity index (χ0v) is 10.5. The number of nitrogens with one attached hydrogen (secondary N) is 1. The van der Waals surface area contributed by atoms with Gasteiger partial charge in [0.15, 0.2) is 0 Å². The van der Waals surface area contributed by atoms with E-state index in [0.717, 1.165) is 17.7 Å². The van der Waals surface area contributed by atoms with Crippen LogP contribution in [-0.4, -0.2) is 11.0 Å². The lowest BCUT2D eigenvalue weighted by molar-refractivity contribution is 0.710. The van der Waals surface area contributed by atoms with Gasteiger partial charge in [0, 0.05) is 18.2 Å². The molecule has 0 amide bonds. The second-order valence-corrected chi connectivity index (χ2v) is 4.07. The van der Waals surface area contributed by atoms with Gasteiger partial charge in [0.1, 0.15) is 11.9 Å². The Kier molecular flexibility index (Phi) is 4.55. The number of rotatable bonds is 4. The Balaban J connectivity index is 3.05. The van der Waals surface area contributed by atoms with Crippen molar-refractivity contribution in [3.8, 4) is 18.4 Å². The normalized spacial score (nSPS) is 11.4. The highest BCUT2D eigenvalue weighted by molar-refractivity contribution is 5.56. The molecular weight excluding hydrogens is 210 g/mol. The Bertz CT molecular complexity index is 477. The van der Waals surface area contributed by atoms with Gasteiger partial charge >= 0.3 is 0 Å². The van der Waals surface area contributed by atoms with E-state index in [2.05, 4.69) is 29.2 Å². The number of aromatic nitrogens is 1. The fourth-order valence-electron chi connectivity index (χ4n) is 1.72. The number of anilines is 1. The minimum Gasteiger partial charge on any atom is -0.365 e. The fourth-order valence-corrected chi connectivity index (χ4v) is 1.72. The number of terminal acetylenes is 1. The molecule has 88 valence electrons. The number of nitriles is 1. The molecule has 1 aromatic heterocycles. The topological polar surface area (TPSA) is 48.7 Å². The van der Waals surface area contributed by atoms with E-state index in [-0.39, 0.29) is 6.04 Å². The molecule has 0 fully saturated rings. The van der Waals surface area contributed by atoms with Crippen LogP contribution in [0.3, 0.4) is 0 Å². The molecule has 17 heavy (non-hydrogen) atoms. The van der Waals surface area contributed by atoms with E-state index in [1.807, 2.05) is 19.9 Å². The molecule has 0 aromatic carbocycles. The van der Waals surface area contributed by atoms with Gasteiger partial charge < -0.3 is 5.32 Å². The molecule has 3 heteroatoms. The van der Waals surface area contributed by atoms with E-state index in [1.165, 1.54) is 0 Å². The highest BCUT2D eigenvalue weighted by atomic mass is 15.0. The average molecular weight is 227 g/mol. The molecular formula is C14H17N3. The van der Waals surface area contributed by atoms with Gasteiger partial charge in [-0.05, 0) is 31.9 Å². The summed E-state index contributed by atoms with van der Waals surface area (Å²) in [5, 5.41) is 12.4. The molecule has 0 saturated heterocycles. The van der Waals surface area contributed by atoms with Crippen LogP contribution in [0.15, 0.2) is 6.07 Å². The summed E-state index contributed by atoms with van der Waals surface area (Å²) in [5.41, 5.74) is 2.45. The minimum absolute atomic E-state index is 0.167. The summed E-state index contributed by atoms with van der Waals surface area (Å²) in [7, 11) is 0. The van der Waals surface area contributed by atoms with Crippen molar-refractivity contribution in [2.24, 2.45) is 0 Å². The van der Waals surface area contributed by atoms with Crippen LogP contribution >= 0.6 is 0 Å². The van der Waals surface area contributed by atoms with Gasteiger partial charge in [-0.3, -0.25) is 0 Å². The largest absolute Gasteiger partial charge is 0.365 e. The summed E-state index contributed by atoms with van der Waals surface area (Å²) in [6, 6.07) is 4.26. The van der Waals surface area contributed by atoms with E-state index in [0.29, 0.717) is 17.8 Å². The Labute approximate surface area is 103 Å². The second-order valence-electron chi connectivity index (χ2n) is 4.07. The predicted octanol–water partition coefficient (Wildman–Crippen LogP) is 2.78. The van der Waals surface area contributed by atoms with Gasteiger partial charge in [-0.25, -0.2) is 4.98 Å². The van der Waals surface area contributed by atoms with Crippen molar-refractivity contribution < 1.29 is 0 Å². The highest BCUT2D eigenvalue weighted by Gasteiger charge is 2.12. The van der Waals surface area contributed by atoms with E-state index in [9.17, 15) is 0 Å².